The van der Waals surface area contributed by atoms with Crippen LogP contribution in [0.15, 0.2) is 52.4 Å². The average Bonchev–Trinajstić information content (AvgIpc) is 2.65. The molecule has 140 valence electrons. The zero-order valence-electron chi connectivity index (χ0n) is 15.3. The minimum absolute atomic E-state index is 0.0936. The van der Waals surface area contributed by atoms with Gasteiger partial charge in [0.15, 0.2) is 5.16 Å². The molecule has 0 fully saturated rings. The van der Waals surface area contributed by atoms with Gasteiger partial charge in [-0.1, -0.05) is 41.6 Å². The van der Waals surface area contributed by atoms with Crippen LogP contribution in [-0.4, -0.2) is 20.7 Å². The SMILES string of the molecule is CCn1c(S[C@H](C)C(=O)Nc2cc(Cl)ccc2C)nc2ccccc2c1=O. The second-order valence-corrected chi connectivity index (χ2v) is 7.91. The van der Waals surface area contributed by atoms with Gasteiger partial charge in [-0.25, -0.2) is 4.98 Å². The first-order valence-corrected chi connectivity index (χ1v) is 9.89. The number of amides is 1. The van der Waals surface area contributed by atoms with E-state index >= 15 is 0 Å². The Hall–Kier alpha value is -2.31. The second kappa shape index (κ2) is 8.15. The van der Waals surface area contributed by atoms with Crippen LogP contribution in [0.2, 0.25) is 5.02 Å². The summed E-state index contributed by atoms with van der Waals surface area (Å²) in [5, 5.41) is 4.14. The molecule has 1 N–H and O–H groups in total. The summed E-state index contributed by atoms with van der Waals surface area (Å²) in [6, 6.07) is 12.6. The molecule has 1 aromatic heterocycles. The molecule has 0 radical (unpaired) electrons. The molecule has 3 aromatic rings. The van der Waals surface area contributed by atoms with Gasteiger partial charge in [-0.05, 0) is 50.6 Å². The molecule has 7 heteroatoms. The number of thioether (sulfide) groups is 1. The molecular formula is C20H20ClN3O2S. The second-order valence-electron chi connectivity index (χ2n) is 6.17. The fourth-order valence-electron chi connectivity index (χ4n) is 2.69. The van der Waals surface area contributed by atoms with Gasteiger partial charge in [0.25, 0.3) is 5.56 Å². The molecule has 0 saturated heterocycles. The third kappa shape index (κ3) is 4.17. The summed E-state index contributed by atoms with van der Waals surface area (Å²) >= 11 is 7.29. The lowest BCUT2D eigenvalue weighted by Crippen LogP contribution is -2.26. The molecule has 27 heavy (non-hydrogen) atoms. The van der Waals surface area contributed by atoms with E-state index in [9.17, 15) is 9.59 Å². The van der Waals surface area contributed by atoms with Crippen LogP contribution in [0.3, 0.4) is 0 Å². The van der Waals surface area contributed by atoms with Crippen molar-refractivity contribution in [3.8, 4) is 0 Å². The average molecular weight is 402 g/mol. The van der Waals surface area contributed by atoms with Crippen LogP contribution in [0.25, 0.3) is 10.9 Å². The highest BCUT2D eigenvalue weighted by Crippen LogP contribution is 2.25. The number of nitrogens with zero attached hydrogens (tertiary/aromatic N) is 2. The summed E-state index contributed by atoms with van der Waals surface area (Å²) in [6.45, 7) is 6.08. The summed E-state index contributed by atoms with van der Waals surface area (Å²) in [5.41, 5.74) is 2.15. The van der Waals surface area contributed by atoms with Gasteiger partial charge in [0.1, 0.15) is 0 Å². The Kier molecular flexibility index (Phi) is 5.87. The first-order valence-electron chi connectivity index (χ1n) is 8.64. The zero-order chi connectivity index (χ0) is 19.6. The van der Waals surface area contributed by atoms with Crippen LogP contribution in [0.1, 0.15) is 19.4 Å². The molecule has 0 spiro atoms. The van der Waals surface area contributed by atoms with Gasteiger partial charge in [0, 0.05) is 17.3 Å². The molecule has 0 saturated carbocycles. The predicted octanol–water partition coefficient (Wildman–Crippen LogP) is 4.50. The number of carbonyl (C=O) groups excluding carboxylic acids is 1. The van der Waals surface area contributed by atoms with Crippen molar-refractivity contribution in [3.05, 3.63) is 63.4 Å². The van der Waals surface area contributed by atoms with E-state index in [-0.39, 0.29) is 11.5 Å². The fourth-order valence-corrected chi connectivity index (χ4v) is 3.84. The number of hydrogen-bond donors (Lipinski definition) is 1. The lowest BCUT2D eigenvalue weighted by Gasteiger charge is -2.16. The highest BCUT2D eigenvalue weighted by atomic mass is 35.5. The first-order chi connectivity index (χ1) is 12.9. The number of fused-ring (bicyclic) bond motifs is 1. The van der Waals surface area contributed by atoms with Gasteiger partial charge < -0.3 is 5.32 Å². The minimum Gasteiger partial charge on any atom is -0.325 e. The standard InChI is InChI=1S/C20H20ClN3O2S/c1-4-24-19(26)15-7-5-6-8-16(15)23-20(24)27-13(3)18(25)22-17-11-14(21)10-9-12(17)2/h5-11,13H,4H2,1-3H3,(H,22,25)/t13-/m1/s1. The molecule has 0 aliphatic carbocycles. The maximum absolute atomic E-state index is 12.7. The smallest absolute Gasteiger partial charge is 0.262 e. The van der Waals surface area contributed by atoms with Crippen molar-refractivity contribution < 1.29 is 4.79 Å². The van der Waals surface area contributed by atoms with Gasteiger partial charge in [-0.3, -0.25) is 14.2 Å². The van der Waals surface area contributed by atoms with Crippen LogP contribution in [0.5, 0.6) is 0 Å². The maximum atomic E-state index is 12.7. The highest BCUT2D eigenvalue weighted by Gasteiger charge is 2.19. The van der Waals surface area contributed by atoms with E-state index in [0.29, 0.717) is 33.3 Å². The van der Waals surface area contributed by atoms with Crippen molar-refractivity contribution in [1.29, 1.82) is 0 Å². The van der Waals surface area contributed by atoms with E-state index in [2.05, 4.69) is 10.3 Å². The Morgan fingerprint density at radius 2 is 2.04 bits per heavy atom. The molecule has 1 amide bonds. The number of rotatable bonds is 5. The number of anilines is 1. The summed E-state index contributed by atoms with van der Waals surface area (Å²) in [5.74, 6) is -0.171. The fraction of sp³-hybridized carbons (Fsp3) is 0.250. The maximum Gasteiger partial charge on any atom is 0.262 e. The molecule has 1 heterocycles. The normalized spacial score (nSPS) is 12.1. The zero-order valence-corrected chi connectivity index (χ0v) is 16.9. The molecule has 1 atom stereocenters. The van der Waals surface area contributed by atoms with Gasteiger partial charge >= 0.3 is 0 Å². The molecule has 0 bridgehead atoms. The Morgan fingerprint density at radius 1 is 1.30 bits per heavy atom. The highest BCUT2D eigenvalue weighted by molar-refractivity contribution is 8.00. The predicted molar refractivity (Wildman–Crippen MR) is 112 cm³/mol. The van der Waals surface area contributed by atoms with Crippen molar-refractivity contribution in [2.24, 2.45) is 0 Å². The summed E-state index contributed by atoms with van der Waals surface area (Å²) in [7, 11) is 0. The number of nitrogens with one attached hydrogen (secondary N) is 1. The third-order valence-corrected chi connectivity index (χ3v) is 5.58. The lowest BCUT2D eigenvalue weighted by molar-refractivity contribution is -0.115. The number of benzene rings is 2. The van der Waals surface area contributed by atoms with E-state index < -0.39 is 5.25 Å². The summed E-state index contributed by atoms with van der Waals surface area (Å²) in [4.78, 5) is 29.9. The summed E-state index contributed by atoms with van der Waals surface area (Å²) < 4.78 is 1.60. The van der Waals surface area contributed by atoms with Crippen LogP contribution in [-0.2, 0) is 11.3 Å². The molecule has 5 nitrogen and oxygen atoms in total. The number of halogens is 1. The van der Waals surface area contributed by atoms with Gasteiger partial charge in [-0.15, -0.1) is 0 Å². The van der Waals surface area contributed by atoms with Gasteiger partial charge in [0.2, 0.25) is 5.91 Å². The largest absolute Gasteiger partial charge is 0.325 e. The van der Waals surface area contributed by atoms with Crippen molar-refractivity contribution in [2.45, 2.75) is 37.7 Å². The topological polar surface area (TPSA) is 64.0 Å². The van der Waals surface area contributed by atoms with E-state index in [1.54, 1.807) is 35.8 Å². The van der Waals surface area contributed by atoms with Crippen LogP contribution in [0, 0.1) is 6.92 Å². The lowest BCUT2D eigenvalue weighted by atomic mass is 10.2. The number of hydrogen-bond acceptors (Lipinski definition) is 4. The molecule has 0 unspecified atom stereocenters. The Labute approximate surface area is 166 Å². The molecule has 3 rings (SSSR count). The van der Waals surface area contributed by atoms with Crippen molar-refractivity contribution in [1.82, 2.24) is 9.55 Å². The number of aromatic nitrogens is 2. The van der Waals surface area contributed by atoms with Crippen molar-refractivity contribution >= 4 is 45.9 Å². The monoisotopic (exact) mass is 401 g/mol. The van der Waals surface area contributed by atoms with E-state index in [1.165, 1.54) is 11.8 Å². The minimum atomic E-state index is -0.436. The van der Waals surface area contributed by atoms with Gasteiger partial charge in [-0.2, -0.15) is 0 Å². The number of carbonyl (C=O) groups is 1. The molecule has 0 aliphatic heterocycles. The first kappa shape index (κ1) is 19.5. The number of aryl methyl sites for hydroxylation is 1. The van der Waals surface area contributed by atoms with Crippen LogP contribution in [0.4, 0.5) is 5.69 Å². The third-order valence-electron chi connectivity index (χ3n) is 4.25. The molecule has 2 aromatic carbocycles. The summed E-state index contributed by atoms with van der Waals surface area (Å²) in [6.07, 6.45) is 0. The molecular weight excluding hydrogens is 382 g/mol. The molecule has 0 aliphatic rings. The van der Waals surface area contributed by atoms with E-state index in [4.69, 9.17) is 11.6 Å². The quantitative estimate of drug-likeness (QED) is 0.505. The Bertz CT molecular complexity index is 1060. The number of para-hydroxylation sites is 1. The van der Waals surface area contributed by atoms with Crippen molar-refractivity contribution in [3.63, 3.8) is 0 Å². The van der Waals surface area contributed by atoms with Gasteiger partial charge in [0.05, 0.1) is 16.2 Å². The Balaban J connectivity index is 1.87. The van der Waals surface area contributed by atoms with E-state index in [0.717, 1.165) is 5.56 Å². The van der Waals surface area contributed by atoms with Crippen LogP contribution < -0.4 is 10.9 Å². The van der Waals surface area contributed by atoms with Crippen molar-refractivity contribution in [2.75, 3.05) is 5.32 Å². The van der Waals surface area contributed by atoms with Crippen LogP contribution >= 0.6 is 23.4 Å². The Morgan fingerprint density at radius 3 is 2.78 bits per heavy atom. The van der Waals surface area contributed by atoms with E-state index in [1.807, 2.05) is 32.0 Å².